The van der Waals surface area contributed by atoms with Gasteiger partial charge in [0.05, 0.1) is 5.60 Å². The van der Waals surface area contributed by atoms with Crippen molar-refractivity contribution < 1.29 is 5.11 Å². The van der Waals surface area contributed by atoms with Gasteiger partial charge in [0.1, 0.15) is 0 Å². The highest BCUT2D eigenvalue weighted by Crippen LogP contribution is 2.26. The largest absolute Gasteiger partial charge is 0.389 e. The Kier molecular flexibility index (Phi) is 5.23. The Hall–Kier alpha value is -0.160. The molecule has 112 valence electrons. The summed E-state index contributed by atoms with van der Waals surface area (Å²) in [6.45, 7) is 10.4. The maximum Gasteiger partial charge on any atom is 0.0718 e. The number of nitrogens with zero attached hydrogens (tertiary/aromatic N) is 2. The summed E-state index contributed by atoms with van der Waals surface area (Å²) in [6, 6.07) is 0.731. The smallest absolute Gasteiger partial charge is 0.0718 e. The molecule has 2 rings (SSSR count). The Morgan fingerprint density at radius 1 is 1.11 bits per heavy atom. The van der Waals surface area contributed by atoms with Crippen molar-refractivity contribution in [2.75, 3.05) is 46.3 Å². The molecule has 2 N–H and O–H groups in total. The summed E-state index contributed by atoms with van der Waals surface area (Å²) >= 11 is 0. The molecule has 2 atom stereocenters. The van der Waals surface area contributed by atoms with Crippen LogP contribution in [-0.2, 0) is 0 Å². The monoisotopic (exact) mass is 269 g/mol. The SMILES string of the molecule is CNC1CCCC1CN1CCN(CC(C)(C)O)CC1. The number of hydrogen-bond donors (Lipinski definition) is 2. The van der Waals surface area contributed by atoms with E-state index in [2.05, 4.69) is 22.2 Å². The van der Waals surface area contributed by atoms with Crippen LogP contribution in [0, 0.1) is 5.92 Å². The molecule has 1 saturated carbocycles. The predicted octanol–water partition coefficient (Wildman–Crippen LogP) is 0.763. The van der Waals surface area contributed by atoms with E-state index in [4.69, 9.17) is 0 Å². The van der Waals surface area contributed by atoms with Crippen molar-refractivity contribution >= 4 is 0 Å². The number of nitrogens with one attached hydrogen (secondary N) is 1. The summed E-state index contributed by atoms with van der Waals surface area (Å²) in [7, 11) is 2.10. The summed E-state index contributed by atoms with van der Waals surface area (Å²) in [4.78, 5) is 5.00. The predicted molar refractivity (Wildman–Crippen MR) is 79.4 cm³/mol. The standard InChI is InChI=1S/C15H31N3O/c1-15(2,19)12-18-9-7-17(8-10-18)11-13-5-4-6-14(13)16-3/h13-14,16,19H,4-12H2,1-3H3. The van der Waals surface area contributed by atoms with Crippen LogP contribution in [0.25, 0.3) is 0 Å². The van der Waals surface area contributed by atoms with Gasteiger partial charge >= 0.3 is 0 Å². The third-order valence-electron chi connectivity index (χ3n) is 4.60. The minimum absolute atomic E-state index is 0.565. The molecular weight excluding hydrogens is 238 g/mol. The fraction of sp³-hybridized carbons (Fsp3) is 1.00. The molecular formula is C15H31N3O. The zero-order valence-electron chi connectivity index (χ0n) is 12.9. The molecule has 1 aliphatic carbocycles. The molecule has 1 aliphatic heterocycles. The molecule has 0 radical (unpaired) electrons. The average molecular weight is 269 g/mol. The number of hydrogen-bond acceptors (Lipinski definition) is 4. The molecule has 0 bridgehead atoms. The van der Waals surface area contributed by atoms with E-state index in [9.17, 15) is 5.11 Å². The zero-order chi connectivity index (χ0) is 13.9. The Bertz CT molecular complexity index is 269. The highest BCUT2D eigenvalue weighted by atomic mass is 16.3. The molecule has 4 heteroatoms. The Balaban J connectivity index is 1.71. The minimum Gasteiger partial charge on any atom is -0.389 e. The van der Waals surface area contributed by atoms with Gasteiger partial charge in [-0.2, -0.15) is 0 Å². The Labute approximate surface area is 118 Å². The highest BCUT2D eigenvalue weighted by molar-refractivity contribution is 4.86. The summed E-state index contributed by atoms with van der Waals surface area (Å²) in [5, 5.41) is 13.3. The molecule has 2 fully saturated rings. The minimum atomic E-state index is -0.565. The molecule has 0 spiro atoms. The van der Waals surface area contributed by atoms with E-state index >= 15 is 0 Å². The first-order valence-electron chi connectivity index (χ1n) is 7.82. The third kappa shape index (κ3) is 4.71. The van der Waals surface area contributed by atoms with Crippen LogP contribution in [0.5, 0.6) is 0 Å². The van der Waals surface area contributed by atoms with Crippen LogP contribution < -0.4 is 5.32 Å². The lowest BCUT2D eigenvalue weighted by atomic mass is 10.0. The molecule has 2 aliphatic rings. The van der Waals surface area contributed by atoms with Crippen LogP contribution in [0.15, 0.2) is 0 Å². The summed E-state index contributed by atoms with van der Waals surface area (Å²) in [5.74, 6) is 0.839. The van der Waals surface area contributed by atoms with E-state index in [1.165, 1.54) is 25.8 Å². The van der Waals surface area contributed by atoms with Crippen LogP contribution in [0.2, 0.25) is 0 Å². The van der Waals surface area contributed by atoms with Gasteiger partial charge in [-0.25, -0.2) is 0 Å². The first-order valence-corrected chi connectivity index (χ1v) is 7.82. The van der Waals surface area contributed by atoms with Gasteiger partial charge < -0.3 is 15.3 Å². The van der Waals surface area contributed by atoms with E-state index in [1.54, 1.807) is 0 Å². The van der Waals surface area contributed by atoms with Crippen LogP contribution in [0.1, 0.15) is 33.1 Å². The molecule has 4 nitrogen and oxygen atoms in total. The van der Waals surface area contributed by atoms with E-state index in [1.807, 2.05) is 13.8 Å². The third-order valence-corrected chi connectivity index (χ3v) is 4.60. The molecule has 19 heavy (non-hydrogen) atoms. The Morgan fingerprint density at radius 2 is 1.74 bits per heavy atom. The van der Waals surface area contributed by atoms with Crippen molar-refractivity contribution in [1.82, 2.24) is 15.1 Å². The summed E-state index contributed by atoms with van der Waals surface area (Å²) in [6.07, 6.45) is 4.12. The van der Waals surface area contributed by atoms with Crippen LogP contribution in [0.3, 0.4) is 0 Å². The van der Waals surface area contributed by atoms with Gasteiger partial charge in [0.2, 0.25) is 0 Å². The maximum absolute atomic E-state index is 9.87. The molecule has 2 unspecified atom stereocenters. The van der Waals surface area contributed by atoms with Gasteiger partial charge in [-0.3, -0.25) is 4.90 Å². The average Bonchev–Trinajstić information content (AvgIpc) is 2.77. The van der Waals surface area contributed by atoms with Crippen molar-refractivity contribution in [2.45, 2.75) is 44.8 Å². The second-order valence-electron chi connectivity index (χ2n) is 6.98. The van der Waals surface area contributed by atoms with Crippen molar-refractivity contribution in [3.05, 3.63) is 0 Å². The fourth-order valence-corrected chi connectivity index (χ4v) is 3.64. The van der Waals surface area contributed by atoms with Crippen LogP contribution in [0.4, 0.5) is 0 Å². The summed E-state index contributed by atoms with van der Waals surface area (Å²) < 4.78 is 0. The molecule has 0 amide bonds. The van der Waals surface area contributed by atoms with E-state index in [0.717, 1.165) is 44.7 Å². The molecule has 1 saturated heterocycles. The van der Waals surface area contributed by atoms with Crippen LogP contribution >= 0.6 is 0 Å². The maximum atomic E-state index is 9.87. The van der Waals surface area contributed by atoms with Gasteiger partial charge in [-0.15, -0.1) is 0 Å². The van der Waals surface area contributed by atoms with Crippen molar-refractivity contribution in [2.24, 2.45) is 5.92 Å². The van der Waals surface area contributed by atoms with Gasteiger partial charge in [-0.05, 0) is 39.7 Å². The van der Waals surface area contributed by atoms with Gasteiger partial charge in [0.25, 0.3) is 0 Å². The second-order valence-corrected chi connectivity index (χ2v) is 6.98. The number of β-amino-alcohol motifs (C(OH)–C–C–N with tert-alkyl or cyclic N) is 1. The lowest BCUT2D eigenvalue weighted by Crippen LogP contribution is -2.52. The lowest BCUT2D eigenvalue weighted by molar-refractivity contribution is 0.0153. The zero-order valence-corrected chi connectivity index (χ0v) is 12.9. The van der Waals surface area contributed by atoms with Crippen molar-refractivity contribution in [1.29, 1.82) is 0 Å². The van der Waals surface area contributed by atoms with Gasteiger partial charge in [-0.1, -0.05) is 6.42 Å². The van der Waals surface area contributed by atoms with E-state index in [-0.39, 0.29) is 0 Å². The fourth-order valence-electron chi connectivity index (χ4n) is 3.64. The van der Waals surface area contributed by atoms with Crippen molar-refractivity contribution in [3.8, 4) is 0 Å². The van der Waals surface area contributed by atoms with Crippen molar-refractivity contribution in [3.63, 3.8) is 0 Å². The normalized spacial score (nSPS) is 30.9. The van der Waals surface area contributed by atoms with E-state index < -0.39 is 5.60 Å². The number of rotatable bonds is 5. The van der Waals surface area contributed by atoms with Gasteiger partial charge in [0.15, 0.2) is 0 Å². The van der Waals surface area contributed by atoms with Gasteiger partial charge in [0, 0.05) is 45.3 Å². The molecule has 1 heterocycles. The number of piperazine rings is 1. The molecule has 0 aromatic heterocycles. The van der Waals surface area contributed by atoms with E-state index in [0.29, 0.717) is 0 Å². The second kappa shape index (κ2) is 6.53. The number of aliphatic hydroxyl groups is 1. The Morgan fingerprint density at radius 3 is 2.32 bits per heavy atom. The molecule has 0 aromatic rings. The topological polar surface area (TPSA) is 38.7 Å². The highest BCUT2D eigenvalue weighted by Gasteiger charge is 2.29. The van der Waals surface area contributed by atoms with Crippen LogP contribution in [-0.4, -0.2) is 72.9 Å². The first kappa shape index (κ1) is 15.2. The molecule has 0 aromatic carbocycles. The lowest BCUT2D eigenvalue weighted by Gasteiger charge is -2.38. The summed E-state index contributed by atoms with van der Waals surface area (Å²) in [5.41, 5.74) is -0.565. The first-order chi connectivity index (χ1) is 8.98. The quantitative estimate of drug-likeness (QED) is 0.773.